The molecule has 2 aromatic rings. The van der Waals surface area contributed by atoms with Crippen molar-refractivity contribution >= 4 is 22.7 Å². The number of pyridine rings is 1. The van der Waals surface area contributed by atoms with E-state index in [0.717, 1.165) is 5.39 Å². The van der Waals surface area contributed by atoms with Gasteiger partial charge in [0.25, 0.3) is 5.91 Å². The van der Waals surface area contributed by atoms with Crippen LogP contribution in [-0.2, 0) is 4.79 Å². The third-order valence-corrected chi connectivity index (χ3v) is 4.58. The molecule has 25 heavy (non-hydrogen) atoms. The molecule has 0 aliphatic heterocycles. The van der Waals surface area contributed by atoms with E-state index in [4.69, 9.17) is 0 Å². The lowest BCUT2D eigenvalue weighted by atomic mass is 9.81. The normalized spacial score (nSPS) is 19.3. The van der Waals surface area contributed by atoms with Gasteiger partial charge in [0.2, 0.25) is 11.5 Å². The number of hydrogen-bond donors (Lipinski definition) is 3. The second kappa shape index (κ2) is 7.06. The molecule has 0 spiro atoms. The highest BCUT2D eigenvalue weighted by Gasteiger charge is 2.34. The van der Waals surface area contributed by atoms with E-state index in [1.54, 1.807) is 30.1 Å². The fourth-order valence-corrected chi connectivity index (χ4v) is 3.01. The molecule has 1 saturated carbocycles. The van der Waals surface area contributed by atoms with Gasteiger partial charge in [-0.3, -0.25) is 14.4 Å². The Balaban J connectivity index is 1.59. The van der Waals surface area contributed by atoms with E-state index in [9.17, 15) is 19.5 Å². The lowest BCUT2D eigenvalue weighted by Gasteiger charge is -2.33. The number of amides is 2. The number of H-pyrrole nitrogens is 1. The maximum absolute atomic E-state index is 12.4. The fraction of sp³-hybridized carbons (Fsp3) is 0.389. The predicted molar refractivity (Wildman–Crippen MR) is 93.3 cm³/mol. The van der Waals surface area contributed by atoms with Crippen molar-refractivity contribution in [2.75, 3.05) is 20.1 Å². The van der Waals surface area contributed by atoms with Gasteiger partial charge in [-0.2, -0.15) is 0 Å². The number of para-hydroxylation sites is 1. The molecular weight excluding hydrogens is 322 g/mol. The van der Waals surface area contributed by atoms with Crippen LogP contribution in [0.2, 0.25) is 0 Å². The van der Waals surface area contributed by atoms with Crippen molar-refractivity contribution < 1.29 is 14.7 Å². The quantitative estimate of drug-likeness (QED) is 0.735. The van der Waals surface area contributed by atoms with Crippen LogP contribution in [0.15, 0.2) is 35.1 Å². The summed E-state index contributed by atoms with van der Waals surface area (Å²) < 4.78 is 0. The lowest BCUT2D eigenvalue weighted by molar-refractivity contribution is -0.140. The SMILES string of the molecule is CN(CCNC(=O)c1cccc2ccc(=O)[nH]c12)C(=O)C1CC(O)C1. The molecule has 0 saturated heterocycles. The molecule has 1 fully saturated rings. The Bertz CT molecular complexity index is 855. The van der Waals surface area contributed by atoms with Crippen molar-refractivity contribution in [1.29, 1.82) is 0 Å². The predicted octanol–water partition coefficient (Wildman–Crippen LogP) is 0.487. The Labute approximate surface area is 144 Å². The lowest BCUT2D eigenvalue weighted by Crippen LogP contribution is -2.44. The van der Waals surface area contributed by atoms with Crippen LogP contribution in [0.3, 0.4) is 0 Å². The Morgan fingerprint density at radius 3 is 2.76 bits per heavy atom. The van der Waals surface area contributed by atoms with Gasteiger partial charge in [-0.25, -0.2) is 0 Å². The zero-order valence-corrected chi connectivity index (χ0v) is 14.0. The van der Waals surface area contributed by atoms with E-state index in [1.807, 2.05) is 6.07 Å². The van der Waals surface area contributed by atoms with Gasteiger partial charge in [0.1, 0.15) is 0 Å². The number of nitrogens with zero attached hydrogens (tertiary/aromatic N) is 1. The summed E-state index contributed by atoms with van der Waals surface area (Å²) in [5.74, 6) is -0.416. The van der Waals surface area contributed by atoms with E-state index >= 15 is 0 Å². The Kier molecular flexibility index (Phi) is 4.85. The minimum Gasteiger partial charge on any atom is -0.393 e. The van der Waals surface area contributed by atoms with Gasteiger partial charge in [-0.15, -0.1) is 0 Å². The molecule has 1 aliphatic rings. The summed E-state index contributed by atoms with van der Waals surface area (Å²) in [6, 6.07) is 8.32. The molecule has 0 unspecified atom stereocenters. The van der Waals surface area contributed by atoms with Crippen LogP contribution in [-0.4, -0.2) is 53.0 Å². The highest BCUT2D eigenvalue weighted by molar-refractivity contribution is 6.05. The number of aromatic nitrogens is 1. The van der Waals surface area contributed by atoms with E-state index in [2.05, 4.69) is 10.3 Å². The first kappa shape index (κ1) is 17.2. The molecule has 0 radical (unpaired) electrons. The Morgan fingerprint density at radius 2 is 2.04 bits per heavy atom. The summed E-state index contributed by atoms with van der Waals surface area (Å²) in [6.45, 7) is 0.697. The summed E-state index contributed by atoms with van der Waals surface area (Å²) in [5.41, 5.74) is 0.632. The largest absolute Gasteiger partial charge is 0.393 e. The summed E-state index contributed by atoms with van der Waals surface area (Å²) in [6.07, 6.45) is 0.660. The maximum Gasteiger partial charge on any atom is 0.253 e. The molecule has 0 atom stereocenters. The minimum atomic E-state index is -0.365. The van der Waals surface area contributed by atoms with Crippen LogP contribution in [0.1, 0.15) is 23.2 Å². The molecule has 7 heteroatoms. The van der Waals surface area contributed by atoms with Gasteiger partial charge in [-0.1, -0.05) is 12.1 Å². The molecule has 3 N–H and O–H groups in total. The first-order valence-corrected chi connectivity index (χ1v) is 8.29. The number of benzene rings is 1. The number of carbonyl (C=O) groups is 2. The molecule has 1 heterocycles. The van der Waals surface area contributed by atoms with Crippen molar-refractivity contribution in [1.82, 2.24) is 15.2 Å². The Hall–Kier alpha value is -2.67. The first-order valence-electron chi connectivity index (χ1n) is 8.29. The van der Waals surface area contributed by atoms with Gasteiger partial charge in [0, 0.05) is 32.1 Å². The molecule has 132 valence electrons. The molecular formula is C18H21N3O4. The molecule has 1 aromatic heterocycles. The van der Waals surface area contributed by atoms with Crippen LogP contribution in [0.25, 0.3) is 10.9 Å². The number of aromatic amines is 1. The van der Waals surface area contributed by atoms with Crippen LogP contribution in [0.4, 0.5) is 0 Å². The number of carbonyl (C=O) groups excluding carboxylic acids is 2. The van der Waals surface area contributed by atoms with Gasteiger partial charge in [0.15, 0.2) is 0 Å². The number of likely N-dealkylation sites (N-methyl/N-ethyl adjacent to an activating group) is 1. The summed E-state index contributed by atoms with van der Waals surface area (Å²) >= 11 is 0. The fourth-order valence-electron chi connectivity index (χ4n) is 3.01. The van der Waals surface area contributed by atoms with Crippen molar-refractivity contribution in [2.24, 2.45) is 5.92 Å². The molecule has 1 aliphatic carbocycles. The van der Waals surface area contributed by atoms with E-state index in [0.29, 0.717) is 37.0 Å². The monoisotopic (exact) mass is 343 g/mol. The number of fused-ring (bicyclic) bond motifs is 1. The molecule has 3 rings (SSSR count). The molecule has 7 nitrogen and oxygen atoms in total. The standard InChI is InChI=1S/C18H21N3O4/c1-21(18(25)12-9-13(22)10-12)8-7-19-17(24)14-4-2-3-11-5-6-15(23)20-16(11)14/h2-6,12-13,22H,7-10H2,1H3,(H,19,24)(H,20,23). The van der Waals surface area contributed by atoms with Gasteiger partial charge in [0.05, 0.1) is 17.2 Å². The van der Waals surface area contributed by atoms with E-state index in [-0.39, 0.29) is 29.4 Å². The van der Waals surface area contributed by atoms with E-state index < -0.39 is 0 Å². The number of aliphatic hydroxyl groups is 1. The second-order valence-corrected chi connectivity index (χ2v) is 6.43. The highest BCUT2D eigenvalue weighted by atomic mass is 16.3. The van der Waals surface area contributed by atoms with Crippen LogP contribution >= 0.6 is 0 Å². The smallest absolute Gasteiger partial charge is 0.253 e. The number of nitrogens with one attached hydrogen (secondary N) is 2. The molecule has 0 bridgehead atoms. The van der Waals surface area contributed by atoms with Gasteiger partial charge < -0.3 is 20.3 Å². The molecule has 1 aromatic carbocycles. The van der Waals surface area contributed by atoms with E-state index in [1.165, 1.54) is 6.07 Å². The average molecular weight is 343 g/mol. The number of hydrogen-bond acceptors (Lipinski definition) is 4. The number of rotatable bonds is 5. The Morgan fingerprint density at radius 1 is 1.28 bits per heavy atom. The molecule has 2 amide bonds. The second-order valence-electron chi connectivity index (χ2n) is 6.43. The average Bonchev–Trinajstić information content (AvgIpc) is 2.57. The van der Waals surface area contributed by atoms with Crippen molar-refractivity contribution in [3.63, 3.8) is 0 Å². The number of aliphatic hydroxyl groups excluding tert-OH is 1. The van der Waals surface area contributed by atoms with Crippen LogP contribution in [0.5, 0.6) is 0 Å². The van der Waals surface area contributed by atoms with Crippen molar-refractivity contribution in [3.05, 3.63) is 46.2 Å². The summed E-state index contributed by atoms with van der Waals surface area (Å²) in [7, 11) is 1.69. The van der Waals surface area contributed by atoms with Gasteiger partial charge in [-0.05, 0) is 30.4 Å². The zero-order chi connectivity index (χ0) is 18.0. The maximum atomic E-state index is 12.4. The topological polar surface area (TPSA) is 103 Å². The first-order chi connectivity index (χ1) is 12.0. The van der Waals surface area contributed by atoms with Crippen LogP contribution < -0.4 is 10.9 Å². The third kappa shape index (κ3) is 3.71. The van der Waals surface area contributed by atoms with Crippen molar-refractivity contribution in [3.8, 4) is 0 Å². The van der Waals surface area contributed by atoms with Crippen molar-refractivity contribution in [2.45, 2.75) is 18.9 Å². The van der Waals surface area contributed by atoms with Crippen LogP contribution in [0, 0.1) is 5.92 Å². The zero-order valence-electron chi connectivity index (χ0n) is 14.0. The highest BCUT2D eigenvalue weighted by Crippen LogP contribution is 2.28. The third-order valence-electron chi connectivity index (χ3n) is 4.58. The summed E-state index contributed by atoms with van der Waals surface area (Å²) in [4.78, 5) is 40.3. The summed E-state index contributed by atoms with van der Waals surface area (Å²) in [5, 5.41) is 12.8. The van der Waals surface area contributed by atoms with Gasteiger partial charge >= 0.3 is 0 Å². The minimum absolute atomic E-state index is 0.00552.